The van der Waals surface area contributed by atoms with E-state index in [1.54, 1.807) is 35.1 Å². The van der Waals surface area contributed by atoms with E-state index < -0.39 is 5.41 Å². The number of hydrogen-bond donors (Lipinski definition) is 0. The van der Waals surface area contributed by atoms with Crippen LogP contribution in [0.1, 0.15) is 23.2 Å². The van der Waals surface area contributed by atoms with Gasteiger partial charge in [0.1, 0.15) is 11.2 Å². The maximum absolute atomic E-state index is 12.9. The van der Waals surface area contributed by atoms with Gasteiger partial charge < -0.3 is 9.32 Å². The minimum Gasteiger partial charge on any atom is -0.419 e. The van der Waals surface area contributed by atoms with Crippen LogP contribution in [0.3, 0.4) is 0 Å². The topological polar surface area (TPSA) is 116 Å². The molecule has 4 aromatic heterocycles. The number of aromatic nitrogens is 7. The van der Waals surface area contributed by atoms with Crippen molar-refractivity contribution >= 4 is 17.1 Å². The molecule has 1 aliphatic heterocycles. The average Bonchev–Trinajstić information content (AvgIpc) is 3.33. The highest BCUT2D eigenvalue weighted by Gasteiger charge is 2.47. The first-order chi connectivity index (χ1) is 13.5. The number of fused-ring (bicyclic) bond motifs is 1. The summed E-state index contributed by atoms with van der Waals surface area (Å²) in [5.74, 6) is 0.753. The molecule has 0 aliphatic carbocycles. The van der Waals surface area contributed by atoms with E-state index in [0.717, 1.165) is 0 Å². The number of hydrogen-bond acceptors (Lipinski definition) is 8. The molecule has 0 N–H and O–H groups in total. The molecule has 10 nitrogen and oxygen atoms in total. The zero-order valence-electron chi connectivity index (χ0n) is 15.3. The Bertz CT molecular complexity index is 1180. The zero-order valence-corrected chi connectivity index (χ0v) is 15.3. The molecule has 0 saturated carbocycles. The van der Waals surface area contributed by atoms with Gasteiger partial charge in [-0.15, -0.1) is 15.3 Å². The molecule has 1 amide bonds. The van der Waals surface area contributed by atoms with Crippen molar-refractivity contribution in [1.82, 2.24) is 40.1 Å². The van der Waals surface area contributed by atoms with E-state index >= 15 is 0 Å². The van der Waals surface area contributed by atoms with Crippen LogP contribution < -0.4 is 0 Å². The summed E-state index contributed by atoms with van der Waals surface area (Å²) in [4.78, 5) is 23.1. The van der Waals surface area contributed by atoms with Crippen LogP contribution in [-0.4, -0.2) is 59.1 Å². The Hall–Kier alpha value is -3.69. The van der Waals surface area contributed by atoms with E-state index in [0.29, 0.717) is 47.3 Å². The number of carbonyl (C=O) groups is 1. The van der Waals surface area contributed by atoms with Crippen LogP contribution in [0.25, 0.3) is 22.7 Å². The van der Waals surface area contributed by atoms with E-state index in [1.807, 2.05) is 25.1 Å². The normalized spacial score (nSPS) is 15.6. The molecule has 28 heavy (non-hydrogen) atoms. The molecule has 0 bridgehead atoms. The third-order valence-electron chi connectivity index (χ3n) is 4.91. The molecule has 0 atom stereocenters. The lowest BCUT2D eigenvalue weighted by Gasteiger charge is -2.45. The summed E-state index contributed by atoms with van der Waals surface area (Å²) in [6, 6.07) is 7.16. The first-order valence-corrected chi connectivity index (χ1v) is 8.74. The second kappa shape index (κ2) is 5.91. The van der Waals surface area contributed by atoms with E-state index in [9.17, 15) is 4.79 Å². The van der Waals surface area contributed by atoms with Gasteiger partial charge in [0.15, 0.2) is 5.65 Å². The predicted molar refractivity (Wildman–Crippen MR) is 97.1 cm³/mol. The van der Waals surface area contributed by atoms with Gasteiger partial charge in [0.25, 0.3) is 11.8 Å². The van der Waals surface area contributed by atoms with E-state index in [4.69, 9.17) is 4.42 Å². The van der Waals surface area contributed by atoms with Crippen molar-refractivity contribution in [3.8, 4) is 11.6 Å². The Balaban J connectivity index is 1.36. The van der Waals surface area contributed by atoms with E-state index in [-0.39, 0.29) is 5.91 Å². The third-order valence-corrected chi connectivity index (χ3v) is 4.91. The number of amides is 1. The first-order valence-electron chi connectivity index (χ1n) is 8.74. The molecule has 0 radical (unpaired) electrons. The molecule has 1 aliphatic rings. The molecule has 4 aromatic rings. The third kappa shape index (κ3) is 2.45. The van der Waals surface area contributed by atoms with Crippen LogP contribution >= 0.6 is 0 Å². The van der Waals surface area contributed by atoms with Crippen LogP contribution in [-0.2, 0) is 12.5 Å². The highest BCUT2D eigenvalue weighted by Crippen LogP contribution is 2.35. The Kier molecular flexibility index (Phi) is 3.48. The van der Waals surface area contributed by atoms with Gasteiger partial charge in [-0.3, -0.25) is 9.78 Å². The van der Waals surface area contributed by atoms with Gasteiger partial charge in [-0.05, 0) is 25.1 Å². The van der Waals surface area contributed by atoms with Gasteiger partial charge in [0, 0.05) is 32.5 Å². The standard InChI is InChI=1S/C18H16N8O2/c1-18(17-23-22-15(28-17)12-5-3-4-7-19-12)9-26(10-18)16(27)11-6-8-20-14-13(11)21-24-25(14)2/h3-8H,9-10H2,1-2H3. The van der Waals surface area contributed by atoms with Gasteiger partial charge in [0.05, 0.1) is 11.0 Å². The fraction of sp³-hybridized carbons (Fsp3) is 0.278. The van der Waals surface area contributed by atoms with Crippen LogP contribution in [0.15, 0.2) is 41.1 Å². The first kappa shape index (κ1) is 16.5. The average molecular weight is 376 g/mol. The molecular weight excluding hydrogens is 360 g/mol. The quantitative estimate of drug-likeness (QED) is 0.524. The summed E-state index contributed by atoms with van der Waals surface area (Å²) in [5.41, 5.74) is 1.79. The molecule has 1 saturated heterocycles. The van der Waals surface area contributed by atoms with E-state index in [1.165, 1.54) is 0 Å². The fourth-order valence-electron chi connectivity index (χ4n) is 3.41. The van der Waals surface area contributed by atoms with Crippen LogP contribution in [0.5, 0.6) is 0 Å². The second-order valence-corrected chi connectivity index (χ2v) is 7.09. The number of nitrogens with zero attached hydrogens (tertiary/aromatic N) is 8. The van der Waals surface area contributed by atoms with Crippen molar-refractivity contribution in [3.63, 3.8) is 0 Å². The van der Waals surface area contributed by atoms with Crippen molar-refractivity contribution in [2.24, 2.45) is 7.05 Å². The summed E-state index contributed by atoms with van der Waals surface area (Å²) in [7, 11) is 1.74. The maximum atomic E-state index is 12.9. The number of pyridine rings is 2. The van der Waals surface area contributed by atoms with Crippen molar-refractivity contribution in [2.45, 2.75) is 12.3 Å². The van der Waals surface area contributed by atoms with Gasteiger partial charge in [-0.1, -0.05) is 11.3 Å². The van der Waals surface area contributed by atoms with Crippen LogP contribution in [0.2, 0.25) is 0 Å². The monoisotopic (exact) mass is 376 g/mol. The SMILES string of the molecule is Cn1nnc2c(C(=O)N3CC(C)(c4nnc(-c5ccccn5)o4)C3)ccnc21. The summed E-state index contributed by atoms with van der Waals surface area (Å²) >= 11 is 0. The lowest BCUT2D eigenvalue weighted by molar-refractivity contribution is 0.0368. The Labute approximate surface area is 159 Å². The van der Waals surface area contributed by atoms with Gasteiger partial charge in [-0.25, -0.2) is 9.67 Å². The number of rotatable bonds is 3. The van der Waals surface area contributed by atoms with Crippen molar-refractivity contribution in [2.75, 3.05) is 13.1 Å². The smallest absolute Gasteiger partial charge is 0.266 e. The Morgan fingerprint density at radius 2 is 1.96 bits per heavy atom. The second-order valence-electron chi connectivity index (χ2n) is 7.09. The molecule has 0 spiro atoms. The maximum Gasteiger partial charge on any atom is 0.266 e. The lowest BCUT2D eigenvalue weighted by atomic mass is 9.81. The molecule has 1 fully saturated rings. The Morgan fingerprint density at radius 3 is 2.75 bits per heavy atom. The summed E-state index contributed by atoms with van der Waals surface area (Å²) in [6.45, 7) is 2.94. The summed E-state index contributed by atoms with van der Waals surface area (Å²) in [6.07, 6.45) is 3.27. The lowest BCUT2D eigenvalue weighted by Crippen LogP contribution is -2.59. The number of aryl methyl sites for hydroxylation is 1. The molecule has 5 heterocycles. The Morgan fingerprint density at radius 1 is 1.11 bits per heavy atom. The van der Waals surface area contributed by atoms with Crippen LogP contribution in [0, 0.1) is 0 Å². The summed E-state index contributed by atoms with van der Waals surface area (Å²) < 4.78 is 7.37. The molecule has 0 aromatic carbocycles. The van der Waals surface area contributed by atoms with Gasteiger partial charge in [-0.2, -0.15) is 0 Å². The molecule has 10 heteroatoms. The van der Waals surface area contributed by atoms with Crippen LogP contribution in [0.4, 0.5) is 0 Å². The van der Waals surface area contributed by atoms with Crippen molar-refractivity contribution in [3.05, 3.63) is 48.1 Å². The van der Waals surface area contributed by atoms with Gasteiger partial charge in [0.2, 0.25) is 5.89 Å². The van der Waals surface area contributed by atoms with Crippen molar-refractivity contribution in [1.29, 1.82) is 0 Å². The van der Waals surface area contributed by atoms with E-state index in [2.05, 4.69) is 30.5 Å². The number of likely N-dealkylation sites (tertiary alicyclic amines) is 1. The summed E-state index contributed by atoms with van der Waals surface area (Å²) in [5, 5.41) is 16.3. The van der Waals surface area contributed by atoms with Crippen molar-refractivity contribution < 1.29 is 9.21 Å². The zero-order chi connectivity index (χ0) is 19.3. The largest absolute Gasteiger partial charge is 0.419 e. The fourth-order valence-corrected chi connectivity index (χ4v) is 3.41. The highest BCUT2D eigenvalue weighted by atomic mass is 16.4. The minimum absolute atomic E-state index is 0.116. The highest BCUT2D eigenvalue weighted by molar-refractivity contribution is 6.04. The predicted octanol–water partition coefficient (Wildman–Crippen LogP) is 1.22. The number of carbonyl (C=O) groups excluding carboxylic acids is 1. The molecular formula is C18H16N8O2. The molecule has 5 rings (SSSR count). The minimum atomic E-state index is -0.399. The molecule has 140 valence electrons. The molecule has 0 unspecified atom stereocenters. The van der Waals surface area contributed by atoms with Gasteiger partial charge >= 0.3 is 0 Å².